The molecule has 2 N–H and O–H groups in total. The Morgan fingerprint density at radius 1 is 1.15 bits per heavy atom. The molecule has 0 radical (unpaired) electrons. The molecule has 3 heteroatoms. The Morgan fingerprint density at radius 3 is 2.30 bits per heavy atom. The lowest BCUT2D eigenvalue weighted by Gasteiger charge is -2.51. The molecule has 20 heavy (non-hydrogen) atoms. The fourth-order valence-corrected chi connectivity index (χ4v) is 6.55. The van der Waals surface area contributed by atoms with Crippen molar-refractivity contribution in [3.05, 3.63) is 0 Å². The van der Waals surface area contributed by atoms with Crippen molar-refractivity contribution in [1.82, 2.24) is 0 Å². The fourth-order valence-electron chi connectivity index (χ4n) is 6.55. The van der Waals surface area contributed by atoms with Crippen LogP contribution in [0.5, 0.6) is 0 Å². The van der Waals surface area contributed by atoms with E-state index in [0.717, 1.165) is 19.3 Å². The molecule has 3 aliphatic rings. The number of rotatable bonds is 2. The van der Waals surface area contributed by atoms with Gasteiger partial charge in [0.1, 0.15) is 5.78 Å². The second-order valence-electron chi connectivity index (χ2n) is 8.24. The highest BCUT2D eigenvalue weighted by Gasteiger charge is 2.80. The largest absolute Gasteiger partial charge is 0.396 e. The molecule has 3 rings (SSSR count). The first kappa shape index (κ1) is 14.5. The minimum Gasteiger partial charge on any atom is -0.396 e. The Hall–Kier alpha value is -0.410. The molecular formula is C17H28O3. The summed E-state index contributed by atoms with van der Waals surface area (Å²) in [5.41, 5.74) is -0.722. The van der Waals surface area contributed by atoms with Gasteiger partial charge in [0.25, 0.3) is 0 Å². The number of aliphatic hydroxyl groups is 2. The zero-order valence-electron chi connectivity index (χ0n) is 13.1. The van der Waals surface area contributed by atoms with Crippen LogP contribution in [0.1, 0.15) is 47.0 Å². The van der Waals surface area contributed by atoms with Gasteiger partial charge < -0.3 is 10.2 Å². The topological polar surface area (TPSA) is 57.5 Å². The summed E-state index contributed by atoms with van der Waals surface area (Å²) in [6.07, 6.45) is 3.12. The van der Waals surface area contributed by atoms with Crippen LogP contribution in [0.3, 0.4) is 0 Å². The number of carbonyl (C=O) groups is 1. The molecule has 0 aromatic carbocycles. The van der Waals surface area contributed by atoms with E-state index >= 15 is 0 Å². The zero-order chi connectivity index (χ0) is 14.9. The maximum absolute atomic E-state index is 13.1. The second-order valence-corrected chi connectivity index (χ2v) is 8.24. The van der Waals surface area contributed by atoms with E-state index in [9.17, 15) is 15.0 Å². The standard InChI is InChI=1S/C17H28O3/c1-10-5-6-17-11(7-10)14(20)16(4,15(17,2)3)12(8-18)13(17)9-19/h10-13,18-19H,5-9H2,1-4H3/t10-,11+,12-,13+,16-,17-/m1/s1. The van der Waals surface area contributed by atoms with Crippen molar-refractivity contribution in [3.8, 4) is 0 Å². The van der Waals surface area contributed by atoms with Crippen LogP contribution in [0.4, 0.5) is 0 Å². The molecular weight excluding hydrogens is 252 g/mol. The quantitative estimate of drug-likeness (QED) is 0.815. The maximum Gasteiger partial charge on any atom is 0.143 e. The number of hydrogen-bond donors (Lipinski definition) is 2. The normalized spacial score (nSPS) is 53.2. The smallest absolute Gasteiger partial charge is 0.143 e. The third-order valence-electron chi connectivity index (χ3n) is 7.88. The van der Waals surface area contributed by atoms with Gasteiger partial charge in [-0.05, 0) is 35.5 Å². The summed E-state index contributed by atoms with van der Waals surface area (Å²) >= 11 is 0. The van der Waals surface area contributed by atoms with Crippen LogP contribution in [0.2, 0.25) is 0 Å². The van der Waals surface area contributed by atoms with Crippen LogP contribution in [0.15, 0.2) is 0 Å². The lowest BCUT2D eigenvalue weighted by molar-refractivity contribution is -0.144. The summed E-state index contributed by atoms with van der Waals surface area (Å²) in [6, 6.07) is 0. The Labute approximate surface area is 121 Å². The summed E-state index contributed by atoms with van der Waals surface area (Å²) in [7, 11) is 0. The van der Waals surface area contributed by atoms with Gasteiger partial charge >= 0.3 is 0 Å². The molecule has 3 saturated carbocycles. The molecule has 0 saturated heterocycles. The van der Waals surface area contributed by atoms with Crippen LogP contribution in [0.25, 0.3) is 0 Å². The van der Waals surface area contributed by atoms with Crippen molar-refractivity contribution in [2.24, 2.45) is 39.9 Å². The molecule has 1 spiro atoms. The molecule has 0 aliphatic heterocycles. The molecule has 6 atom stereocenters. The molecule has 2 bridgehead atoms. The molecule has 0 aromatic rings. The summed E-state index contributed by atoms with van der Waals surface area (Å²) < 4.78 is 0. The summed E-state index contributed by atoms with van der Waals surface area (Å²) in [5.74, 6) is 1.03. The first-order valence-corrected chi connectivity index (χ1v) is 8.05. The van der Waals surface area contributed by atoms with Crippen molar-refractivity contribution in [2.75, 3.05) is 13.2 Å². The lowest BCUT2D eigenvalue weighted by atomic mass is 9.53. The van der Waals surface area contributed by atoms with E-state index < -0.39 is 5.41 Å². The zero-order valence-corrected chi connectivity index (χ0v) is 13.1. The van der Waals surface area contributed by atoms with Gasteiger partial charge in [-0.1, -0.05) is 34.1 Å². The number of hydrogen-bond acceptors (Lipinski definition) is 3. The number of Topliss-reactive ketones (excluding diaryl/α,β-unsaturated/α-hetero) is 1. The van der Waals surface area contributed by atoms with Crippen molar-refractivity contribution in [2.45, 2.75) is 47.0 Å². The van der Waals surface area contributed by atoms with Crippen molar-refractivity contribution in [1.29, 1.82) is 0 Å². The van der Waals surface area contributed by atoms with Gasteiger partial charge in [-0.15, -0.1) is 0 Å². The number of ketones is 1. The predicted molar refractivity (Wildman–Crippen MR) is 77.0 cm³/mol. The fraction of sp³-hybridized carbons (Fsp3) is 0.941. The van der Waals surface area contributed by atoms with Gasteiger partial charge in [0, 0.05) is 30.5 Å². The van der Waals surface area contributed by atoms with E-state index in [1.165, 1.54) is 0 Å². The van der Waals surface area contributed by atoms with E-state index in [1.54, 1.807) is 0 Å². The van der Waals surface area contributed by atoms with Crippen molar-refractivity contribution < 1.29 is 15.0 Å². The first-order valence-electron chi connectivity index (χ1n) is 8.05. The number of carbonyl (C=O) groups excluding carboxylic acids is 1. The average molecular weight is 280 g/mol. The molecule has 3 fully saturated rings. The van der Waals surface area contributed by atoms with Crippen molar-refractivity contribution >= 4 is 5.78 Å². The van der Waals surface area contributed by atoms with Crippen LogP contribution in [-0.4, -0.2) is 29.2 Å². The Kier molecular flexibility index (Phi) is 2.96. The summed E-state index contributed by atoms with van der Waals surface area (Å²) in [4.78, 5) is 13.1. The Balaban J connectivity index is 2.20. The molecule has 0 unspecified atom stereocenters. The summed E-state index contributed by atoms with van der Waals surface area (Å²) in [5, 5.41) is 19.9. The van der Waals surface area contributed by atoms with Crippen molar-refractivity contribution in [3.63, 3.8) is 0 Å². The minimum atomic E-state index is -0.482. The van der Waals surface area contributed by atoms with E-state index in [4.69, 9.17) is 0 Å². The molecule has 3 aliphatic carbocycles. The van der Waals surface area contributed by atoms with Crippen LogP contribution in [-0.2, 0) is 4.79 Å². The highest BCUT2D eigenvalue weighted by atomic mass is 16.3. The van der Waals surface area contributed by atoms with E-state index in [-0.39, 0.29) is 41.8 Å². The van der Waals surface area contributed by atoms with Crippen LogP contribution < -0.4 is 0 Å². The number of fused-ring (bicyclic) bond motifs is 1. The molecule has 0 aromatic heterocycles. The average Bonchev–Trinajstić information content (AvgIpc) is 2.63. The maximum atomic E-state index is 13.1. The minimum absolute atomic E-state index is 0.0148. The van der Waals surface area contributed by atoms with Gasteiger partial charge in [-0.25, -0.2) is 0 Å². The summed E-state index contributed by atoms with van der Waals surface area (Å²) in [6.45, 7) is 8.82. The number of aliphatic hydroxyl groups excluding tert-OH is 2. The molecule has 0 heterocycles. The van der Waals surface area contributed by atoms with Gasteiger partial charge in [0.15, 0.2) is 0 Å². The molecule has 3 nitrogen and oxygen atoms in total. The van der Waals surface area contributed by atoms with Crippen LogP contribution >= 0.6 is 0 Å². The molecule has 0 amide bonds. The van der Waals surface area contributed by atoms with Gasteiger partial charge in [-0.3, -0.25) is 4.79 Å². The first-order chi connectivity index (χ1) is 9.29. The van der Waals surface area contributed by atoms with E-state index in [1.807, 2.05) is 0 Å². The monoisotopic (exact) mass is 280 g/mol. The van der Waals surface area contributed by atoms with E-state index in [0.29, 0.717) is 11.7 Å². The predicted octanol–water partition coefficient (Wildman–Crippen LogP) is 2.25. The highest BCUT2D eigenvalue weighted by molar-refractivity contribution is 5.93. The van der Waals surface area contributed by atoms with Gasteiger partial charge in [0.2, 0.25) is 0 Å². The van der Waals surface area contributed by atoms with Gasteiger partial charge in [0.05, 0.1) is 0 Å². The van der Waals surface area contributed by atoms with Crippen LogP contribution in [0, 0.1) is 39.9 Å². The Morgan fingerprint density at radius 2 is 1.75 bits per heavy atom. The lowest BCUT2D eigenvalue weighted by Crippen LogP contribution is -2.50. The Bertz CT molecular complexity index is 444. The second kappa shape index (κ2) is 4.07. The highest BCUT2D eigenvalue weighted by Crippen LogP contribution is 2.79. The van der Waals surface area contributed by atoms with E-state index in [2.05, 4.69) is 27.7 Å². The third-order valence-corrected chi connectivity index (χ3v) is 7.88. The SMILES string of the molecule is C[C@@H]1CC[C@@]23[C@@H](C1)C(=O)[C@@](C)([C@H](CO)[C@@H]2CO)C3(C)C. The van der Waals surface area contributed by atoms with Gasteiger partial charge in [-0.2, -0.15) is 0 Å². The molecule has 114 valence electrons. The third kappa shape index (κ3) is 1.20.